The van der Waals surface area contributed by atoms with Crippen molar-refractivity contribution >= 4 is 12.6 Å². The Morgan fingerprint density at radius 2 is 2.23 bits per heavy atom. The number of rotatable bonds is 4. The van der Waals surface area contributed by atoms with E-state index in [0.717, 1.165) is 31.8 Å². The van der Waals surface area contributed by atoms with Gasteiger partial charge in [-0.3, -0.25) is 0 Å². The highest BCUT2D eigenvalue weighted by Gasteiger charge is 2.26. The van der Waals surface area contributed by atoms with Crippen molar-refractivity contribution in [3.8, 4) is 0 Å². The van der Waals surface area contributed by atoms with E-state index < -0.39 is 0 Å². The zero-order chi connectivity index (χ0) is 9.90. The average Bonchev–Trinajstić information content (AvgIpc) is 2.52. The van der Waals surface area contributed by atoms with Gasteiger partial charge in [0.15, 0.2) is 0 Å². The first kappa shape index (κ1) is 11.3. The van der Waals surface area contributed by atoms with E-state index in [9.17, 15) is 0 Å². The molecule has 1 aliphatic rings. The Morgan fingerprint density at radius 3 is 2.69 bits per heavy atom. The fourth-order valence-electron chi connectivity index (χ4n) is 1.86. The molecule has 1 unspecified atom stereocenters. The standard InChI is InChI=1S/C10H21NOS/c1-10(2,8-13)7-11-4-3-9(5-11)6-12/h9,12-13H,3-8H2,1-2H3. The molecule has 0 aromatic rings. The number of aliphatic hydroxyl groups is 1. The van der Waals surface area contributed by atoms with Crippen molar-refractivity contribution in [1.82, 2.24) is 4.90 Å². The summed E-state index contributed by atoms with van der Waals surface area (Å²) in [5, 5.41) is 9.00. The fourth-order valence-corrected chi connectivity index (χ4v) is 1.96. The lowest BCUT2D eigenvalue weighted by atomic mass is 9.96. The van der Waals surface area contributed by atoms with Gasteiger partial charge >= 0.3 is 0 Å². The Balaban J connectivity index is 2.31. The largest absolute Gasteiger partial charge is 0.396 e. The quantitative estimate of drug-likeness (QED) is 0.672. The lowest BCUT2D eigenvalue weighted by molar-refractivity contribution is 0.196. The van der Waals surface area contributed by atoms with E-state index in [-0.39, 0.29) is 0 Å². The Kier molecular flexibility index (Phi) is 4.07. The average molecular weight is 203 g/mol. The number of thiol groups is 1. The SMILES string of the molecule is CC(C)(CS)CN1CCC(CO)C1. The molecule has 0 aliphatic carbocycles. The molecule has 0 radical (unpaired) electrons. The summed E-state index contributed by atoms with van der Waals surface area (Å²) in [5.41, 5.74) is 0.299. The zero-order valence-corrected chi connectivity index (χ0v) is 9.56. The summed E-state index contributed by atoms with van der Waals surface area (Å²) in [6.45, 7) is 8.14. The molecule has 2 nitrogen and oxygen atoms in total. The van der Waals surface area contributed by atoms with Crippen LogP contribution < -0.4 is 0 Å². The van der Waals surface area contributed by atoms with Crippen LogP contribution in [0.1, 0.15) is 20.3 Å². The molecule has 13 heavy (non-hydrogen) atoms. The third-order valence-corrected chi connectivity index (χ3v) is 3.56. The van der Waals surface area contributed by atoms with Gasteiger partial charge in [-0.1, -0.05) is 13.8 Å². The second-order valence-electron chi connectivity index (χ2n) is 4.89. The molecule has 0 spiro atoms. The zero-order valence-electron chi connectivity index (χ0n) is 8.66. The van der Waals surface area contributed by atoms with Crippen LogP contribution in [0.5, 0.6) is 0 Å². The molecule has 1 atom stereocenters. The van der Waals surface area contributed by atoms with Crippen LogP contribution in [0.2, 0.25) is 0 Å². The topological polar surface area (TPSA) is 23.5 Å². The monoisotopic (exact) mass is 203 g/mol. The molecule has 1 heterocycles. The summed E-state index contributed by atoms with van der Waals surface area (Å²) in [6, 6.07) is 0. The number of hydrogen-bond donors (Lipinski definition) is 2. The summed E-state index contributed by atoms with van der Waals surface area (Å²) in [5.74, 6) is 1.43. The van der Waals surface area contributed by atoms with Gasteiger partial charge < -0.3 is 10.0 Å². The lowest BCUT2D eigenvalue weighted by Crippen LogP contribution is -2.34. The molecule has 3 heteroatoms. The Hall–Kier alpha value is 0.270. The van der Waals surface area contributed by atoms with Gasteiger partial charge in [0, 0.05) is 19.7 Å². The minimum atomic E-state index is 0.299. The van der Waals surface area contributed by atoms with Crippen molar-refractivity contribution in [1.29, 1.82) is 0 Å². The molecule has 0 aromatic carbocycles. The van der Waals surface area contributed by atoms with Gasteiger partial charge in [-0.25, -0.2) is 0 Å². The van der Waals surface area contributed by atoms with Crippen molar-refractivity contribution in [3.63, 3.8) is 0 Å². The van der Waals surface area contributed by atoms with Gasteiger partial charge in [0.25, 0.3) is 0 Å². The van der Waals surface area contributed by atoms with Crippen molar-refractivity contribution in [2.75, 3.05) is 32.0 Å². The van der Waals surface area contributed by atoms with E-state index in [1.54, 1.807) is 0 Å². The summed E-state index contributed by atoms with van der Waals surface area (Å²) in [6.07, 6.45) is 1.15. The van der Waals surface area contributed by atoms with Crippen molar-refractivity contribution < 1.29 is 5.11 Å². The van der Waals surface area contributed by atoms with E-state index in [1.807, 2.05) is 0 Å². The van der Waals surface area contributed by atoms with Gasteiger partial charge in [0.05, 0.1) is 0 Å². The number of hydrogen-bond acceptors (Lipinski definition) is 3. The Morgan fingerprint density at radius 1 is 1.54 bits per heavy atom. The van der Waals surface area contributed by atoms with Gasteiger partial charge in [-0.05, 0) is 30.1 Å². The van der Waals surface area contributed by atoms with E-state index in [0.29, 0.717) is 17.9 Å². The van der Waals surface area contributed by atoms with Crippen LogP contribution in [0.3, 0.4) is 0 Å². The fraction of sp³-hybridized carbons (Fsp3) is 1.00. The first-order chi connectivity index (χ1) is 6.07. The molecule has 78 valence electrons. The summed E-state index contributed by atoms with van der Waals surface area (Å²) < 4.78 is 0. The normalized spacial score (nSPS) is 25.4. The van der Waals surface area contributed by atoms with Gasteiger partial charge in [-0.15, -0.1) is 0 Å². The number of aliphatic hydroxyl groups excluding tert-OH is 1. The maximum Gasteiger partial charge on any atom is 0.0471 e. The number of likely N-dealkylation sites (tertiary alicyclic amines) is 1. The molecule has 0 saturated carbocycles. The third kappa shape index (κ3) is 3.49. The molecule has 1 fully saturated rings. The maximum absolute atomic E-state index is 9.00. The van der Waals surface area contributed by atoms with Crippen LogP contribution in [0.15, 0.2) is 0 Å². The summed E-state index contributed by atoms with van der Waals surface area (Å²) in [7, 11) is 0. The molecule has 1 aliphatic heterocycles. The molecule has 0 aromatic heterocycles. The molecule has 1 N–H and O–H groups in total. The third-order valence-electron chi connectivity index (χ3n) is 2.71. The van der Waals surface area contributed by atoms with Crippen LogP contribution in [0, 0.1) is 11.3 Å². The smallest absolute Gasteiger partial charge is 0.0471 e. The summed E-state index contributed by atoms with van der Waals surface area (Å²) in [4.78, 5) is 2.44. The second kappa shape index (κ2) is 4.67. The van der Waals surface area contributed by atoms with Crippen molar-refractivity contribution in [3.05, 3.63) is 0 Å². The molecular weight excluding hydrogens is 182 g/mol. The highest BCUT2D eigenvalue weighted by Crippen LogP contribution is 2.23. The van der Waals surface area contributed by atoms with Gasteiger partial charge in [0.2, 0.25) is 0 Å². The lowest BCUT2D eigenvalue weighted by Gasteiger charge is -2.28. The molecular formula is C10H21NOS. The molecule has 1 saturated heterocycles. The van der Waals surface area contributed by atoms with Crippen molar-refractivity contribution in [2.24, 2.45) is 11.3 Å². The summed E-state index contributed by atoms with van der Waals surface area (Å²) >= 11 is 4.34. The van der Waals surface area contributed by atoms with E-state index >= 15 is 0 Å². The first-order valence-corrected chi connectivity index (χ1v) is 5.65. The first-order valence-electron chi connectivity index (χ1n) is 5.01. The molecule has 1 rings (SSSR count). The van der Waals surface area contributed by atoms with Crippen LogP contribution in [-0.4, -0.2) is 42.0 Å². The van der Waals surface area contributed by atoms with Gasteiger partial charge in [0.1, 0.15) is 0 Å². The number of nitrogens with zero attached hydrogens (tertiary/aromatic N) is 1. The Labute approximate surface area is 86.7 Å². The molecule has 0 bridgehead atoms. The van der Waals surface area contributed by atoms with Crippen molar-refractivity contribution in [2.45, 2.75) is 20.3 Å². The maximum atomic E-state index is 9.00. The van der Waals surface area contributed by atoms with Gasteiger partial charge in [-0.2, -0.15) is 12.6 Å². The second-order valence-corrected chi connectivity index (χ2v) is 5.21. The molecule has 0 amide bonds. The van der Waals surface area contributed by atoms with E-state index in [4.69, 9.17) is 5.11 Å². The minimum absolute atomic E-state index is 0.299. The minimum Gasteiger partial charge on any atom is -0.396 e. The van der Waals surface area contributed by atoms with E-state index in [1.165, 1.54) is 0 Å². The van der Waals surface area contributed by atoms with Crippen LogP contribution in [0.25, 0.3) is 0 Å². The van der Waals surface area contributed by atoms with Crippen LogP contribution >= 0.6 is 12.6 Å². The predicted octanol–water partition coefficient (Wildman–Crippen LogP) is 1.26. The highest BCUT2D eigenvalue weighted by atomic mass is 32.1. The predicted molar refractivity (Wildman–Crippen MR) is 59.3 cm³/mol. The Bertz CT molecular complexity index is 161. The van der Waals surface area contributed by atoms with Crippen LogP contribution in [-0.2, 0) is 0 Å². The highest BCUT2D eigenvalue weighted by molar-refractivity contribution is 7.80. The van der Waals surface area contributed by atoms with Crippen LogP contribution in [0.4, 0.5) is 0 Å². The van der Waals surface area contributed by atoms with E-state index in [2.05, 4.69) is 31.4 Å².